The van der Waals surface area contributed by atoms with E-state index < -0.39 is 23.7 Å². The highest BCUT2D eigenvalue weighted by molar-refractivity contribution is 7.09. The lowest BCUT2D eigenvalue weighted by molar-refractivity contribution is -0.139. The molecule has 0 aliphatic heterocycles. The summed E-state index contributed by atoms with van der Waals surface area (Å²) >= 11 is 1.35. The van der Waals surface area contributed by atoms with Gasteiger partial charge in [-0.05, 0) is 24.1 Å². The third-order valence-corrected chi connectivity index (χ3v) is 4.43. The maximum absolute atomic E-state index is 13.3. The van der Waals surface area contributed by atoms with Crippen LogP contribution in [0.4, 0.5) is 4.39 Å². The van der Waals surface area contributed by atoms with E-state index in [4.69, 9.17) is 0 Å². The number of carboxylic acids is 1. The second-order valence-electron chi connectivity index (χ2n) is 5.48. The summed E-state index contributed by atoms with van der Waals surface area (Å²) in [5.74, 6) is -2.02. The number of aliphatic carboxylic acids is 1. The Balaban J connectivity index is 2.23. The molecule has 1 atom stereocenters. The Bertz CT molecular complexity index is 743. The number of aromatic nitrogens is 1. The minimum absolute atomic E-state index is 0.184. The van der Waals surface area contributed by atoms with Crippen LogP contribution in [0, 0.1) is 12.7 Å². The number of carbonyl (C=O) groups excluding carboxylic acids is 1. The molecule has 5 nitrogen and oxygen atoms in total. The third-order valence-electron chi connectivity index (χ3n) is 3.29. The van der Waals surface area contributed by atoms with Crippen molar-refractivity contribution in [2.75, 3.05) is 0 Å². The van der Waals surface area contributed by atoms with Crippen molar-refractivity contribution in [3.8, 4) is 0 Å². The van der Waals surface area contributed by atoms with Crippen LogP contribution >= 0.6 is 11.3 Å². The van der Waals surface area contributed by atoms with Gasteiger partial charge >= 0.3 is 5.97 Å². The van der Waals surface area contributed by atoms with Gasteiger partial charge in [0.25, 0.3) is 5.91 Å². The maximum atomic E-state index is 13.3. The van der Waals surface area contributed by atoms with Crippen LogP contribution in [-0.4, -0.2) is 22.0 Å². The molecule has 2 rings (SSSR count). The van der Waals surface area contributed by atoms with Crippen LogP contribution in [0.3, 0.4) is 0 Å². The number of halogens is 1. The lowest BCUT2D eigenvalue weighted by atomic mass is 10.0. The van der Waals surface area contributed by atoms with Crippen LogP contribution in [0.25, 0.3) is 0 Å². The number of hydrogen-bond acceptors (Lipinski definition) is 4. The van der Waals surface area contributed by atoms with Crippen molar-refractivity contribution in [2.24, 2.45) is 0 Å². The van der Waals surface area contributed by atoms with Crippen molar-refractivity contribution in [2.45, 2.75) is 32.7 Å². The van der Waals surface area contributed by atoms with Crippen molar-refractivity contribution in [3.05, 3.63) is 51.2 Å². The Hall–Kier alpha value is -2.28. The maximum Gasteiger partial charge on any atom is 0.330 e. The van der Waals surface area contributed by atoms with Crippen molar-refractivity contribution in [1.82, 2.24) is 10.3 Å². The topological polar surface area (TPSA) is 79.3 Å². The molecule has 0 spiro atoms. The first-order valence-electron chi connectivity index (χ1n) is 7.04. The number of aryl methyl sites for hydroxylation is 1. The van der Waals surface area contributed by atoms with E-state index in [1.54, 1.807) is 5.38 Å². The molecule has 1 amide bonds. The van der Waals surface area contributed by atoms with Crippen LogP contribution in [0.2, 0.25) is 0 Å². The number of nitrogens with one attached hydrogen (secondary N) is 1. The predicted octanol–water partition coefficient (Wildman–Crippen LogP) is 3.27. The number of rotatable bonds is 5. The molecule has 1 aromatic heterocycles. The number of amides is 1. The number of carboxylic acid groups (broad SMARTS) is 1. The fraction of sp³-hybridized carbons (Fsp3) is 0.312. The minimum atomic E-state index is -1.26. The summed E-state index contributed by atoms with van der Waals surface area (Å²) in [6.07, 6.45) is 0. The molecule has 0 radical (unpaired) electrons. The molecule has 1 heterocycles. The molecule has 1 unspecified atom stereocenters. The highest BCUT2D eigenvalue weighted by Crippen LogP contribution is 2.21. The number of benzene rings is 1. The first-order chi connectivity index (χ1) is 10.8. The molecule has 23 heavy (non-hydrogen) atoms. The first-order valence-corrected chi connectivity index (χ1v) is 7.92. The Morgan fingerprint density at radius 2 is 2.04 bits per heavy atom. The van der Waals surface area contributed by atoms with Crippen molar-refractivity contribution < 1.29 is 19.1 Å². The van der Waals surface area contributed by atoms with E-state index >= 15 is 0 Å². The molecule has 0 saturated carbocycles. The number of hydrogen-bond donors (Lipinski definition) is 2. The molecular weight excluding hydrogens is 319 g/mol. The number of thiazole rings is 1. The van der Waals surface area contributed by atoms with E-state index in [-0.39, 0.29) is 11.6 Å². The van der Waals surface area contributed by atoms with E-state index in [0.29, 0.717) is 11.1 Å². The molecule has 0 saturated heterocycles. The standard InChI is InChI=1S/C16H17FN2O3S/c1-8(2)15-18-12(7-23-15)14(20)19-13(16(21)22)10-4-5-11(17)9(3)6-10/h4-8,13H,1-3H3,(H,19,20)(H,21,22). The first kappa shape index (κ1) is 17.1. The van der Waals surface area contributed by atoms with Gasteiger partial charge < -0.3 is 10.4 Å². The lowest BCUT2D eigenvalue weighted by Gasteiger charge is -2.15. The minimum Gasteiger partial charge on any atom is -0.479 e. The summed E-state index contributed by atoms with van der Waals surface area (Å²) in [5, 5.41) is 14.2. The molecule has 2 aromatic rings. The summed E-state index contributed by atoms with van der Waals surface area (Å²) in [6, 6.07) is 2.69. The molecule has 0 aliphatic rings. The van der Waals surface area contributed by atoms with Gasteiger partial charge in [-0.15, -0.1) is 11.3 Å². The molecule has 7 heteroatoms. The fourth-order valence-corrected chi connectivity index (χ4v) is 2.81. The van der Waals surface area contributed by atoms with Crippen molar-refractivity contribution in [1.29, 1.82) is 0 Å². The van der Waals surface area contributed by atoms with Gasteiger partial charge in [-0.3, -0.25) is 4.79 Å². The highest BCUT2D eigenvalue weighted by atomic mass is 32.1. The van der Waals surface area contributed by atoms with E-state index in [1.165, 1.54) is 36.5 Å². The quantitative estimate of drug-likeness (QED) is 0.878. The second-order valence-corrected chi connectivity index (χ2v) is 6.37. The molecule has 122 valence electrons. The molecular formula is C16H17FN2O3S. The second kappa shape index (κ2) is 6.87. The van der Waals surface area contributed by atoms with Crippen LogP contribution in [-0.2, 0) is 4.79 Å². The fourth-order valence-electron chi connectivity index (χ4n) is 2.00. The SMILES string of the molecule is Cc1cc(C(NC(=O)c2csc(C(C)C)n2)C(=O)O)ccc1F. The highest BCUT2D eigenvalue weighted by Gasteiger charge is 2.24. The molecule has 2 N–H and O–H groups in total. The van der Waals surface area contributed by atoms with Crippen LogP contribution in [0.1, 0.15) is 52.4 Å². The van der Waals surface area contributed by atoms with Crippen LogP contribution < -0.4 is 5.32 Å². The smallest absolute Gasteiger partial charge is 0.330 e. The van der Waals surface area contributed by atoms with Gasteiger partial charge in [-0.1, -0.05) is 26.0 Å². The average molecular weight is 336 g/mol. The van der Waals surface area contributed by atoms with Crippen molar-refractivity contribution in [3.63, 3.8) is 0 Å². The monoisotopic (exact) mass is 336 g/mol. The van der Waals surface area contributed by atoms with E-state index in [0.717, 1.165) is 5.01 Å². The van der Waals surface area contributed by atoms with E-state index in [2.05, 4.69) is 10.3 Å². The summed E-state index contributed by atoms with van der Waals surface area (Å²) in [7, 11) is 0. The lowest BCUT2D eigenvalue weighted by Crippen LogP contribution is -2.34. The number of carbonyl (C=O) groups is 2. The summed E-state index contributed by atoms with van der Waals surface area (Å²) in [6.45, 7) is 5.46. The van der Waals surface area contributed by atoms with Gasteiger partial charge in [-0.25, -0.2) is 14.2 Å². The van der Waals surface area contributed by atoms with Gasteiger partial charge in [0, 0.05) is 11.3 Å². The van der Waals surface area contributed by atoms with Gasteiger partial charge in [0.2, 0.25) is 0 Å². The molecule has 0 aliphatic carbocycles. The van der Waals surface area contributed by atoms with Crippen LogP contribution in [0.15, 0.2) is 23.6 Å². The van der Waals surface area contributed by atoms with Crippen LogP contribution in [0.5, 0.6) is 0 Å². The van der Waals surface area contributed by atoms with E-state index in [9.17, 15) is 19.1 Å². The van der Waals surface area contributed by atoms with E-state index in [1.807, 2.05) is 13.8 Å². The van der Waals surface area contributed by atoms with Crippen molar-refractivity contribution >= 4 is 23.2 Å². The summed E-state index contributed by atoms with van der Waals surface area (Å²) < 4.78 is 13.3. The largest absolute Gasteiger partial charge is 0.479 e. The summed E-state index contributed by atoms with van der Waals surface area (Å²) in [5.41, 5.74) is 0.812. The zero-order chi connectivity index (χ0) is 17.1. The van der Waals surface area contributed by atoms with Gasteiger partial charge in [-0.2, -0.15) is 0 Å². The summed E-state index contributed by atoms with van der Waals surface area (Å²) in [4.78, 5) is 27.9. The zero-order valence-corrected chi connectivity index (χ0v) is 13.8. The molecule has 0 fully saturated rings. The Labute approximate surface area is 137 Å². The predicted molar refractivity (Wildman–Crippen MR) is 85.2 cm³/mol. The van der Waals surface area contributed by atoms with Gasteiger partial charge in [0.05, 0.1) is 5.01 Å². The van der Waals surface area contributed by atoms with Gasteiger partial charge in [0.1, 0.15) is 11.5 Å². The third kappa shape index (κ3) is 3.92. The Kier molecular flexibility index (Phi) is 5.10. The average Bonchev–Trinajstić information content (AvgIpc) is 2.97. The number of nitrogens with zero attached hydrogens (tertiary/aromatic N) is 1. The Morgan fingerprint density at radius 1 is 1.35 bits per heavy atom. The normalized spacial score (nSPS) is 12.2. The zero-order valence-electron chi connectivity index (χ0n) is 13.0. The molecule has 0 bridgehead atoms. The molecule has 1 aromatic carbocycles. The Morgan fingerprint density at radius 3 is 2.57 bits per heavy atom. The van der Waals surface area contributed by atoms with Gasteiger partial charge in [0.15, 0.2) is 6.04 Å².